The number of carbonyl (C=O) groups excluding carboxylic acids is 1. The van der Waals surface area contributed by atoms with Gasteiger partial charge >= 0.3 is 0 Å². The minimum atomic E-state index is 0.0640. The van der Waals surface area contributed by atoms with Gasteiger partial charge in [-0.1, -0.05) is 12.1 Å². The van der Waals surface area contributed by atoms with Gasteiger partial charge in [-0.15, -0.1) is 11.3 Å². The fourth-order valence-corrected chi connectivity index (χ4v) is 3.59. The van der Waals surface area contributed by atoms with Crippen molar-refractivity contribution in [3.8, 4) is 0 Å². The van der Waals surface area contributed by atoms with Gasteiger partial charge in [0.15, 0.2) is 0 Å². The Hall–Kier alpha value is -2.21. The Morgan fingerprint density at radius 3 is 2.91 bits per heavy atom. The molecule has 0 unspecified atom stereocenters. The van der Waals surface area contributed by atoms with Gasteiger partial charge in [-0.3, -0.25) is 9.48 Å². The molecule has 3 rings (SSSR count). The molecule has 0 aliphatic heterocycles. The van der Waals surface area contributed by atoms with E-state index in [2.05, 4.69) is 15.4 Å². The van der Waals surface area contributed by atoms with Gasteiger partial charge in [0.2, 0.25) is 5.91 Å². The van der Waals surface area contributed by atoms with Gasteiger partial charge in [0.1, 0.15) is 0 Å². The number of hydrogen-bond acceptors (Lipinski definition) is 4. The van der Waals surface area contributed by atoms with Crippen molar-refractivity contribution in [3.05, 3.63) is 46.2 Å². The lowest BCUT2D eigenvalue weighted by atomic mass is 10.1. The van der Waals surface area contributed by atoms with E-state index in [0.717, 1.165) is 33.6 Å². The van der Waals surface area contributed by atoms with Crippen LogP contribution in [-0.4, -0.2) is 20.7 Å². The number of carbonyl (C=O) groups is 1. The van der Waals surface area contributed by atoms with E-state index in [1.54, 1.807) is 11.3 Å². The van der Waals surface area contributed by atoms with Gasteiger partial charge in [0, 0.05) is 25.7 Å². The van der Waals surface area contributed by atoms with Crippen LogP contribution < -0.4 is 5.32 Å². The maximum atomic E-state index is 12.1. The fourth-order valence-electron chi connectivity index (χ4n) is 2.78. The summed E-state index contributed by atoms with van der Waals surface area (Å²) in [5.41, 5.74) is 7.25. The number of benzene rings is 1. The van der Waals surface area contributed by atoms with Crippen molar-refractivity contribution < 1.29 is 4.79 Å². The first-order valence-electron chi connectivity index (χ1n) is 7.63. The Bertz CT molecular complexity index is 850. The molecule has 1 amide bonds. The second-order valence-electron chi connectivity index (χ2n) is 5.67. The highest BCUT2D eigenvalue weighted by Crippen LogP contribution is 2.22. The summed E-state index contributed by atoms with van der Waals surface area (Å²) in [6, 6.07) is 6.01. The van der Waals surface area contributed by atoms with E-state index in [0.29, 0.717) is 13.0 Å². The van der Waals surface area contributed by atoms with E-state index in [9.17, 15) is 4.79 Å². The highest BCUT2D eigenvalue weighted by Gasteiger charge is 2.11. The molecule has 23 heavy (non-hydrogen) atoms. The number of hydrogen-bond donors (Lipinski definition) is 1. The topological polar surface area (TPSA) is 59.8 Å². The average Bonchev–Trinajstić information content (AvgIpc) is 3.09. The van der Waals surface area contributed by atoms with Gasteiger partial charge in [-0.25, -0.2) is 4.98 Å². The van der Waals surface area contributed by atoms with Crippen molar-refractivity contribution in [1.29, 1.82) is 0 Å². The first-order valence-corrected chi connectivity index (χ1v) is 8.51. The molecule has 120 valence electrons. The number of nitrogens with one attached hydrogen (secondary N) is 1. The third kappa shape index (κ3) is 3.27. The lowest BCUT2D eigenvalue weighted by Gasteiger charge is -2.07. The molecular formula is C17H20N4OS. The molecule has 2 heterocycles. The maximum Gasteiger partial charge on any atom is 0.220 e. The molecule has 0 radical (unpaired) electrons. The smallest absolute Gasteiger partial charge is 0.220 e. The predicted octanol–water partition coefficient (Wildman–Crippen LogP) is 2.90. The van der Waals surface area contributed by atoms with Crippen molar-refractivity contribution in [2.24, 2.45) is 7.05 Å². The number of aryl methyl sites for hydroxylation is 2. The van der Waals surface area contributed by atoms with E-state index in [1.165, 1.54) is 5.56 Å². The summed E-state index contributed by atoms with van der Waals surface area (Å²) in [6.07, 6.45) is 1.20. The Morgan fingerprint density at radius 1 is 1.35 bits per heavy atom. The van der Waals surface area contributed by atoms with Crippen LogP contribution in [0.3, 0.4) is 0 Å². The summed E-state index contributed by atoms with van der Waals surface area (Å²) in [4.78, 5) is 16.4. The molecule has 1 N–H and O–H groups in total. The van der Waals surface area contributed by atoms with Crippen LogP contribution in [0.5, 0.6) is 0 Å². The molecule has 0 saturated heterocycles. The van der Waals surface area contributed by atoms with Gasteiger partial charge < -0.3 is 5.32 Å². The standard InChI is InChI=1S/C17H20N4OS/c1-11-14(12(2)21(3)20-11)7-8-16(22)18-9-13-5-4-6-15-17(13)23-10-19-15/h4-6,10H,7-9H2,1-3H3,(H,18,22). The van der Waals surface area contributed by atoms with Crippen molar-refractivity contribution >= 4 is 27.5 Å². The Kier molecular flexibility index (Phi) is 4.43. The maximum absolute atomic E-state index is 12.1. The Balaban J connectivity index is 1.59. The molecular weight excluding hydrogens is 308 g/mol. The van der Waals surface area contributed by atoms with Crippen molar-refractivity contribution in [2.75, 3.05) is 0 Å². The SMILES string of the molecule is Cc1nn(C)c(C)c1CCC(=O)NCc1cccc2ncsc12. The van der Waals surface area contributed by atoms with Crippen LogP contribution >= 0.6 is 11.3 Å². The van der Waals surface area contributed by atoms with Gasteiger partial charge in [0.25, 0.3) is 0 Å². The molecule has 0 bridgehead atoms. The van der Waals surface area contributed by atoms with Crippen LogP contribution in [-0.2, 0) is 24.8 Å². The second-order valence-corrected chi connectivity index (χ2v) is 6.52. The van der Waals surface area contributed by atoms with Crippen LogP contribution in [0.2, 0.25) is 0 Å². The molecule has 6 heteroatoms. The van der Waals surface area contributed by atoms with Gasteiger partial charge in [0.05, 0.1) is 21.4 Å². The first kappa shape index (κ1) is 15.7. The number of fused-ring (bicyclic) bond motifs is 1. The molecule has 1 aromatic carbocycles. The van der Waals surface area contributed by atoms with Crippen LogP contribution in [0.15, 0.2) is 23.7 Å². The zero-order chi connectivity index (χ0) is 16.4. The monoisotopic (exact) mass is 328 g/mol. The van der Waals surface area contributed by atoms with Crippen LogP contribution in [0, 0.1) is 13.8 Å². The summed E-state index contributed by atoms with van der Waals surface area (Å²) in [6.45, 7) is 4.58. The summed E-state index contributed by atoms with van der Waals surface area (Å²) in [5, 5.41) is 7.40. The van der Waals surface area contributed by atoms with E-state index in [-0.39, 0.29) is 5.91 Å². The molecule has 0 aliphatic rings. The molecule has 0 saturated carbocycles. The summed E-state index contributed by atoms with van der Waals surface area (Å²) in [7, 11) is 1.93. The molecule has 3 aromatic rings. The first-order chi connectivity index (χ1) is 11.1. The molecule has 0 aliphatic carbocycles. The molecule has 0 spiro atoms. The summed E-state index contributed by atoms with van der Waals surface area (Å²) in [5.74, 6) is 0.0640. The van der Waals surface area contributed by atoms with Gasteiger partial charge in [-0.05, 0) is 37.5 Å². The lowest BCUT2D eigenvalue weighted by molar-refractivity contribution is -0.121. The second kappa shape index (κ2) is 6.50. The normalized spacial score (nSPS) is 11.1. The highest BCUT2D eigenvalue weighted by molar-refractivity contribution is 7.16. The fraction of sp³-hybridized carbons (Fsp3) is 0.353. The molecule has 0 atom stereocenters. The third-order valence-corrected chi connectivity index (χ3v) is 5.09. The highest BCUT2D eigenvalue weighted by atomic mass is 32.1. The van der Waals surface area contributed by atoms with Crippen LogP contribution in [0.25, 0.3) is 10.2 Å². The number of thiazole rings is 1. The van der Waals surface area contributed by atoms with E-state index >= 15 is 0 Å². The van der Waals surface area contributed by atoms with Crippen molar-refractivity contribution in [2.45, 2.75) is 33.2 Å². The minimum Gasteiger partial charge on any atom is -0.352 e. The Morgan fingerprint density at radius 2 is 2.17 bits per heavy atom. The van der Waals surface area contributed by atoms with E-state index < -0.39 is 0 Å². The zero-order valence-electron chi connectivity index (χ0n) is 13.6. The van der Waals surface area contributed by atoms with E-state index in [4.69, 9.17) is 0 Å². The van der Waals surface area contributed by atoms with Crippen LogP contribution in [0.4, 0.5) is 0 Å². The quantitative estimate of drug-likeness (QED) is 0.783. The van der Waals surface area contributed by atoms with Crippen molar-refractivity contribution in [3.63, 3.8) is 0 Å². The predicted molar refractivity (Wildman–Crippen MR) is 92.5 cm³/mol. The number of amides is 1. The third-order valence-electron chi connectivity index (χ3n) is 4.18. The average molecular weight is 328 g/mol. The molecule has 2 aromatic heterocycles. The number of nitrogens with zero attached hydrogens (tertiary/aromatic N) is 3. The van der Waals surface area contributed by atoms with Crippen molar-refractivity contribution in [1.82, 2.24) is 20.1 Å². The minimum absolute atomic E-state index is 0.0640. The number of rotatable bonds is 5. The lowest BCUT2D eigenvalue weighted by Crippen LogP contribution is -2.23. The summed E-state index contributed by atoms with van der Waals surface area (Å²) < 4.78 is 3.01. The largest absolute Gasteiger partial charge is 0.352 e. The van der Waals surface area contributed by atoms with Gasteiger partial charge in [-0.2, -0.15) is 5.10 Å². The molecule has 0 fully saturated rings. The summed E-state index contributed by atoms with van der Waals surface area (Å²) >= 11 is 1.61. The Labute approximate surface area is 139 Å². The van der Waals surface area contributed by atoms with Crippen LogP contribution in [0.1, 0.15) is 28.9 Å². The zero-order valence-corrected chi connectivity index (χ0v) is 14.4. The number of aromatic nitrogens is 3. The molecule has 5 nitrogen and oxygen atoms in total. The van der Waals surface area contributed by atoms with E-state index in [1.807, 2.05) is 49.3 Å².